The monoisotopic (exact) mass is 307 g/mol. The van der Waals surface area contributed by atoms with Gasteiger partial charge in [0.15, 0.2) is 0 Å². The molecule has 3 nitrogen and oxygen atoms in total. The SMILES string of the molecule is CC=C1C[N+]2(C)CCC34C(=C(C=O)[C@H]1CC32)Nc1ccccc14. The van der Waals surface area contributed by atoms with Gasteiger partial charge in [-0.25, -0.2) is 0 Å². The molecule has 1 aromatic carbocycles. The molecule has 0 aromatic heterocycles. The van der Waals surface area contributed by atoms with Crippen molar-refractivity contribution in [2.75, 3.05) is 25.5 Å². The van der Waals surface area contributed by atoms with Crippen LogP contribution in [0.1, 0.15) is 25.3 Å². The molecule has 1 spiro atoms. The summed E-state index contributed by atoms with van der Waals surface area (Å²) in [6.07, 6.45) is 5.65. The van der Waals surface area contributed by atoms with Gasteiger partial charge in [0.05, 0.1) is 19.0 Å². The number of quaternary nitrogens is 1. The zero-order valence-electron chi connectivity index (χ0n) is 13.8. The lowest BCUT2D eigenvalue weighted by Gasteiger charge is -2.51. The minimum atomic E-state index is 0.0390. The standard InChI is InChI=1S/C20H22N2O/c1-3-13-11-22(2)9-8-20-16-6-4-5-7-17(16)21-19(20)15(12-23)14(13)10-18(20)22/h3-7,12,14,18H,8-11H2,1-2H3/p+1/t14-,18?,20?,22?/m0/s1. The fourth-order valence-electron chi connectivity index (χ4n) is 6.07. The van der Waals surface area contributed by atoms with Crippen molar-refractivity contribution in [2.45, 2.75) is 31.2 Å². The van der Waals surface area contributed by atoms with E-state index in [-0.39, 0.29) is 5.41 Å². The van der Waals surface area contributed by atoms with Gasteiger partial charge in [0.1, 0.15) is 18.9 Å². The summed E-state index contributed by atoms with van der Waals surface area (Å²) in [7, 11) is 2.42. The Morgan fingerprint density at radius 1 is 1.35 bits per heavy atom. The first kappa shape index (κ1) is 13.6. The number of hydrogen-bond acceptors (Lipinski definition) is 2. The average Bonchev–Trinajstić information content (AvgIpc) is 3.08. The number of hydrogen-bond donors (Lipinski definition) is 1. The topological polar surface area (TPSA) is 29.1 Å². The van der Waals surface area contributed by atoms with Gasteiger partial charge in [0.2, 0.25) is 0 Å². The number of likely N-dealkylation sites (N-methyl/N-ethyl adjacent to an activating group) is 1. The Kier molecular flexibility index (Phi) is 2.45. The number of allylic oxidation sites excluding steroid dienone is 2. The first-order chi connectivity index (χ1) is 11.1. The molecule has 4 atom stereocenters. The lowest BCUT2D eigenvalue weighted by atomic mass is 9.61. The maximum atomic E-state index is 12.0. The third-order valence-corrected chi connectivity index (χ3v) is 7.06. The summed E-state index contributed by atoms with van der Waals surface area (Å²) in [6.45, 7) is 4.42. The lowest BCUT2D eigenvalue weighted by molar-refractivity contribution is -0.923. The Hall–Kier alpha value is -1.87. The van der Waals surface area contributed by atoms with Crippen LogP contribution < -0.4 is 5.32 Å². The van der Waals surface area contributed by atoms with E-state index in [2.05, 4.69) is 49.6 Å². The average molecular weight is 307 g/mol. The van der Waals surface area contributed by atoms with E-state index >= 15 is 0 Å². The van der Waals surface area contributed by atoms with Gasteiger partial charge in [-0.2, -0.15) is 0 Å². The lowest BCUT2D eigenvalue weighted by Crippen LogP contribution is -2.61. The third kappa shape index (κ3) is 1.38. The minimum absolute atomic E-state index is 0.0390. The number of nitrogens with one attached hydrogen (secondary N) is 1. The van der Waals surface area contributed by atoms with Crippen molar-refractivity contribution in [2.24, 2.45) is 5.92 Å². The van der Waals surface area contributed by atoms with Gasteiger partial charge in [-0.05, 0) is 24.1 Å². The van der Waals surface area contributed by atoms with E-state index in [1.165, 1.54) is 29.1 Å². The molecule has 3 unspecified atom stereocenters. The van der Waals surface area contributed by atoms with Crippen LogP contribution in [-0.4, -0.2) is 36.9 Å². The first-order valence-electron chi connectivity index (χ1n) is 8.70. The molecule has 1 aliphatic carbocycles. The Morgan fingerprint density at radius 3 is 2.96 bits per heavy atom. The second-order valence-corrected chi connectivity index (χ2v) is 7.87. The second-order valence-electron chi connectivity index (χ2n) is 7.87. The number of anilines is 1. The highest BCUT2D eigenvalue weighted by atomic mass is 16.1. The first-order valence-corrected chi connectivity index (χ1v) is 8.70. The summed E-state index contributed by atoms with van der Waals surface area (Å²) in [5, 5.41) is 3.66. The van der Waals surface area contributed by atoms with Crippen LogP contribution in [0.25, 0.3) is 0 Å². The molecule has 1 N–H and O–H groups in total. The number of benzene rings is 1. The van der Waals surface area contributed by atoms with Crippen LogP contribution in [0.4, 0.5) is 5.69 Å². The zero-order valence-corrected chi connectivity index (χ0v) is 13.8. The van der Waals surface area contributed by atoms with Crippen LogP contribution in [0.5, 0.6) is 0 Å². The van der Waals surface area contributed by atoms with E-state index in [9.17, 15) is 4.79 Å². The van der Waals surface area contributed by atoms with Gasteiger partial charge in [0, 0.05) is 35.7 Å². The quantitative estimate of drug-likeness (QED) is 0.491. The number of aldehydes is 1. The number of carbonyl (C=O) groups is 1. The van der Waals surface area contributed by atoms with Crippen molar-refractivity contribution < 1.29 is 9.28 Å². The summed E-state index contributed by atoms with van der Waals surface area (Å²) in [4.78, 5) is 12.0. The molecule has 2 bridgehead atoms. The van der Waals surface area contributed by atoms with Gasteiger partial charge < -0.3 is 9.80 Å². The molecule has 5 rings (SSSR count). The number of para-hydroxylation sites is 1. The summed E-state index contributed by atoms with van der Waals surface area (Å²) in [5.74, 6) is 0.316. The van der Waals surface area contributed by atoms with Gasteiger partial charge in [-0.1, -0.05) is 24.3 Å². The Labute approximate surface area is 137 Å². The van der Waals surface area contributed by atoms with Gasteiger partial charge in [-0.3, -0.25) is 4.79 Å². The fourth-order valence-corrected chi connectivity index (χ4v) is 6.07. The predicted molar refractivity (Wildman–Crippen MR) is 91.0 cm³/mol. The van der Waals surface area contributed by atoms with Crippen LogP contribution in [0.15, 0.2) is 47.2 Å². The zero-order chi connectivity index (χ0) is 15.8. The molecule has 118 valence electrons. The molecular formula is C20H23N2O+. The summed E-state index contributed by atoms with van der Waals surface area (Å²) < 4.78 is 1.13. The van der Waals surface area contributed by atoms with Crippen LogP contribution in [0.2, 0.25) is 0 Å². The maximum Gasteiger partial charge on any atom is 0.148 e. The summed E-state index contributed by atoms with van der Waals surface area (Å²) >= 11 is 0. The van der Waals surface area contributed by atoms with Crippen molar-refractivity contribution in [1.29, 1.82) is 0 Å². The Bertz CT molecular complexity index is 793. The third-order valence-electron chi connectivity index (χ3n) is 7.06. The summed E-state index contributed by atoms with van der Waals surface area (Å²) in [6, 6.07) is 9.27. The minimum Gasteiger partial charge on any atom is -0.357 e. The highest BCUT2D eigenvalue weighted by molar-refractivity contribution is 5.84. The van der Waals surface area contributed by atoms with Crippen molar-refractivity contribution in [3.05, 3.63) is 52.7 Å². The van der Waals surface area contributed by atoms with Gasteiger partial charge >= 0.3 is 0 Å². The van der Waals surface area contributed by atoms with Crippen LogP contribution in [0, 0.1) is 5.92 Å². The van der Waals surface area contributed by atoms with E-state index in [0.29, 0.717) is 12.0 Å². The molecule has 0 radical (unpaired) electrons. The number of fused-ring (bicyclic) bond motifs is 2. The number of nitrogens with zero attached hydrogens (tertiary/aromatic N) is 1. The molecule has 2 saturated heterocycles. The largest absolute Gasteiger partial charge is 0.357 e. The van der Waals surface area contributed by atoms with E-state index in [1.54, 1.807) is 0 Å². The number of rotatable bonds is 1. The molecule has 23 heavy (non-hydrogen) atoms. The van der Waals surface area contributed by atoms with E-state index in [0.717, 1.165) is 35.7 Å². The molecule has 3 heteroatoms. The van der Waals surface area contributed by atoms with Crippen LogP contribution in [-0.2, 0) is 10.2 Å². The Morgan fingerprint density at radius 2 is 2.17 bits per heavy atom. The van der Waals surface area contributed by atoms with E-state index in [1.807, 2.05) is 0 Å². The Balaban J connectivity index is 1.85. The van der Waals surface area contributed by atoms with Crippen LogP contribution in [0.3, 0.4) is 0 Å². The normalized spacial score (nSPS) is 41.6. The number of piperidine rings is 1. The maximum absolute atomic E-state index is 12.0. The van der Waals surface area contributed by atoms with Gasteiger partial charge in [-0.15, -0.1) is 0 Å². The molecule has 0 amide bonds. The predicted octanol–water partition coefficient (Wildman–Crippen LogP) is 3.00. The van der Waals surface area contributed by atoms with E-state index < -0.39 is 0 Å². The molecular weight excluding hydrogens is 284 g/mol. The molecule has 0 saturated carbocycles. The molecule has 3 heterocycles. The van der Waals surface area contributed by atoms with Gasteiger partial charge in [0.25, 0.3) is 0 Å². The highest BCUT2D eigenvalue weighted by Crippen LogP contribution is 2.62. The smallest absolute Gasteiger partial charge is 0.148 e. The fraction of sp³-hybridized carbons (Fsp3) is 0.450. The van der Waals surface area contributed by atoms with E-state index in [4.69, 9.17) is 0 Å². The van der Waals surface area contributed by atoms with Crippen molar-refractivity contribution in [3.63, 3.8) is 0 Å². The molecule has 3 aliphatic heterocycles. The van der Waals surface area contributed by atoms with Crippen molar-refractivity contribution in [3.8, 4) is 0 Å². The summed E-state index contributed by atoms with van der Waals surface area (Å²) in [5.41, 5.74) is 6.35. The molecule has 1 aromatic rings. The van der Waals surface area contributed by atoms with Crippen molar-refractivity contribution in [1.82, 2.24) is 0 Å². The molecule has 4 aliphatic rings. The molecule has 2 fully saturated rings. The highest BCUT2D eigenvalue weighted by Gasteiger charge is 2.67. The van der Waals surface area contributed by atoms with Crippen LogP contribution >= 0.6 is 0 Å². The second kappa shape index (κ2) is 4.15. The van der Waals surface area contributed by atoms with Crippen molar-refractivity contribution >= 4 is 12.0 Å². The number of carbonyl (C=O) groups excluding carboxylic acids is 1.